The van der Waals surface area contributed by atoms with Crippen LogP contribution in [-0.4, -0.2) is 38.4 Å². The second-order valence-corrected chi connectivity index (χ2v) is 6.30. The van der Waals surface area contributed by atoms with Gasteiger partial charge in [0.2, 0.25) is 0 Å². The van der Waals surface area contributed by atoms with Crippen molar-refractivity contribution in [1.82, 2.24) is 10.6 Å². The minimum Gasteiger partial charge on any atom is -0.491 e. The first-order valence-corrected chi connectivity index (χ1v) is 9.42. The summed E-state index contributed by atoms with van der Waals surface area (Å²) in [6, 6.07) is 6.28. The number of guanidine groups is 1. The molecule has 1 aromatic carbocycles. The molecule has 1 aromatic rings. The molecule has 0 aliphatic rings. The highest BCUT2D eigenvalue weighted by Gasteiger charge is 2.06. The largest absolute Gasteiger partial charge is 0.491 e. The fourth-order valence-electron chi connectivity index (χ4n) is 2.34. The molecule has 0 spiro atoms. The van der Waals surface area contributed by atoms with Crippen molar-refractivity contribution >= 4 is 29.9 Å². The Morgan fingerprint density at radius 2 is 1.92 bits per heavy atom. The third-order valence-corrected chi connectivity index (χ3v) is 3.55. The second-order valence-electron chi connectivity index (χ2n) is 6.30. The molecule has 0 aliphatic heterocycles. The Labute approximate surface area is 176 Å². The predicted molar refractivity (Wildman–Crippen MR) is 121 cm³/mol. The van der Waals surface area contributed by atoms with Crippen LogP contribution in [0.3, 0.4) is 0 Å². The van der Waals surface area contributed by atoms with Crippen LogP contribution in [0.15, 0.2) is 23.2 Å². The van der Waals surface area contributed by atoms with Crippen LogP contribution < -0.4 is 15.4 Å². The maximum Gasteiger partial charge on any atom is 0.191 e. The van der Waals surface area contributed by atoms with E-state index in [0.29, 0.717) is 6.54 Å². The molecular formula is C20H36IN3O2. The van der Waals surface area contributed by atoms with Gasteiger partial charge in [-0.15, -0.1) is 24.0 Å². The molecule has 0 atom stereocenters. The fourth-order valence-corrected chi connectivity index (χ4v) is 2.34. The van der Waals surface area contributed by atoms with Gasteiger partial charge in [0.25, 0.3) is 0 Å². The van der Waals surface area contributed by atoms with Gasteiger partial charge in [0.1, 0.15) is 5.75 Å². The molecule has 5 nitrogen and oxygen atoms in total. The Balaban J connectivity index is 0.00000625. The highest BCUT2D eigenvalue weighted by atomic mass is 127. The van der Waals surface area contributed by atoms with E-state index in [1.54, 1.807) is 0 Å². The molecular weight excluding hydrogens is 441 g/mol. The van der Waals surface area contributed by atoms with E-state index in [2.05, 4.69) is 42.7 Å². The lowest BCUT2D eigenvalue weighted by molar-refractivity contribution is 0.143. The lowest BCUT2D eigenvalue weighted by atomic mass is 10.1. The number of nitrogens with one attached hydrogen (secondary N) is 2. The van der Waals surface area contributed by atoms with Crippen LogP contribution in [0.4, 0.5) is 0 Å². The number of aryl methyl sites for hydroxylation is 1. The average Bonchev–Trinajstić information content (AvgIpc) is 2.56. The summed E-state index contributed by atoms with van der Waals surface area (Å²) in [4.78, 5) is 4.70. The minimum atomic E-state index is 0. The van der Waals surface area contributed by atoms with Gasteiger partial charge in [0, 0.05) is 31.9 Å². The van der Waals surface area contributed by atoms with Crippen molar-refractivity contribution in [1.29, 1.82) is 0 Å². The van der Waals surface area contributed by atoms with Crippen molar-refractivity contribution in [2.24, 2.45) is 4.99 Å². The first-order chi connectivity index (χ1) is 12.1. The van der Waals surface area contributed by atoms with Crippen molar-refractivity contribution in [2.75, 3.05) is 26.3 Å². The van der Waals surface area contributed by atoms with Gasteiger partial charge in [-0.05, 0) is 59.1 Å². The van der Waals surface area contributed by atoms with Gasteiger partial charge in [0.15, 0.2) is 5.96 Å². The molecule has 1 rings (SSSR count). The summed E-state index contributed by atoms with van der Waals surface area (Å²) >= 11 is 0. The molecule has 0 radical (unpaired) electrons. The van der Waals surface area contributed by atoms with E-state index < -0.39 is 0 Å². The fraction of sp³-hybridized carbons (Fsp3) is 0.650. The van der Waals surface area contributed by atoms with Crippen molar-refractivity contribution in [3.63, 3.8) is 0 Å². The summed E-state index contributed by atoms with van der Waals surface area (Å²) < 4.78 is 11.3. The Bertz CT molecular complexity index is 522. The number of nitrogens with zero attached hydrogens (tertiary/aromatic N) is 1. The zero-order chi connectivity index (χ0) is 18.5. The van der Waals surface area contributed by atoms with Crippen molar-refractivity contribution < 1.29 is 9.47 Å². The zero-order valence-corrected chi connectivity index (χ0v) is 19.3. The number of benzene rings is 1. The molecule has 0 aromatic heterocycles. The SMILES string of the molecule is CCNC(=NCc1ccc(C)cc1OC(C)C)NCCCCOCC.I. The summed E-state index contributed by atoms with van der Waals surface area (Å²) in [5, 5.41) is 6.68. The summed E-state index contributed by atoms with van der Waals surface area (Å²) in [6.07, 6.45) is 2.28. The van der Waals surface area contributed by atoms with Crippen molar-refractivity contribution in [3.05, 3.63) is 29.3 Å². The molecule has 0 saturated heterocycles. The molecule has 150 valence electrons. The maximum atomic E-state index is 5.93. The van der Waals surface area contributed by atoms with E-state index in [0.717, 1.165) is 56.4 Å². The summed E-state index contributed by atoms with van der Waals surface area (Å²) in [5.74, 6) is 1.77. The van der Waals surface area contributed by atoms with Gasteiger partial charge in [-0.25, -0.2) is 4.99 Å². The van der Waals surface area contributed by atoms with Gasteiger partial charge in [-0.1, -0.05) is 12.1 Å². The first-order valence-electron chi connectivity index (χ1n) is 9.42. The quantitative estimate of drug-likeness (QED) is 0.216. The molecule has 0 bridgehead atoms. The topological polar surface area (TPSA) is 54.9 Å². The Morgan fingerprint density at radius 3 is 2.58 bits per heavy atom. The highest BCUT2D eigenvalue weighted by molar-refractivity contribution is 14.0. The third-order valence-electron chi connectivity index (χ3n) is 3.55. The summed E-state index contributed by atoms with van der Waals surface area (Å²) in [6.45, 7) is 14.2. The third kappa shape index (κ3) is 10.9. The van der Waals surface area contributed by atoms with Crippen LogP contribution in [0.2, 0.25) is 0 Å². The predicted octanol–water partition coefficient (Wildman–Crippen LogP) is 4.27. The van der Waals surface area contributed by atoms with Crippen LogP contribution in [0.25, 0.3) is 0 Å². The number of aliphatic imine (C=N–C) groups is 1. The molecule has 2 N–H and O–H groups in total. The molecule has 6 heteroatoms. The van der Waals surface area contributed by atoms with Crippen LogP contribution >= 0.6 is 24.0 Å². The van der Waals surface area contributed by atoms with Gasteiger partial charge in [0.05, 0.1) is 12.6 Å². The highest BCUT2D eigenvalue weighted by Crippen LogP contribution is 2.22. The molecule has 0 fully saturated rings. The lowest BCUT2D eigenvalue weighted by Gasteiger charge is -2.15. The van der Waals surface area contributed by atoms with E-state index in [-0.39, 0.29) is 30.1 Å². The van der Waals surface area contributed by atoms with Crippen LogP contribution in [0.5, 0.6) is 5.75 Å². The lowest BCUT2D eigenvalue weighted by Crippen LogP contribution is -2.37. The van der Waals surface area contributed by atoms with E-state index in [4.69, 9.17) is 14.5 Å². The minimum absolute atomic E-state index is 0. The van der Waals surface area contributed by atoms with E-state index >= 15 is 0 Å². The van der Waals surface area contributed by atoms with Crippen molar-refractivity contribution in [3.8, 4) is 5.75 Å². The van der Waals surface area contributed by atoms with Crippen LogP contribution in [-0.2, 0) is 11.3 Å². The van der Waals surface area contributed by atoms with E-state index in [1.807, 2.05) is 20.8 Å². The first kappa shape index (κ1) is 25.0. The standard InChI is InChI=1S/C20H35N3O2.HI/c1-6-21-20(22-12-8-9-13-24-7-2)23-15-18-11-10-17(5)14-19(18)25-16(3)4;/h10-11,14,16H,6-9,12-13,15H2,1-5H3,(H2,21,22,23);1H. The number of hydrogen-bond donors (Lipinski definition) is 2. The molecule has 0 saturated carbocycles. The maximum absolute atomic E-state index is 5.93. The number of ether oxygens (including phenoxy) is 2. The van der Waals surface area contributed by atoms with Crippen LogP contribution in [0.1, 0.15) is 51.7 Å². The summed E-state index contributed by atoms with van der Waals surface area (Å²) in [5.41, 5.74) is 2.30. The second kappa shape index (κ2) is 15.1. The van der Waals surface area contributed by atoms with Crippen molar-refractivity contribution in [2.45, 2.75) is 60.1 Å². The van der Waals surface area contributed by atoms with E-state index in [9.17, 15) is 0 Å². The Hall–Kier alpha value is -1.02. The van der Waals surface area contributed by atoms with Gasteiger partial charge in [-0.3, -0.25) is 0 Å². The molecule has 0 aliphatic carbocycles. The smallest absolute Gasteiger partial charge is 0.191 e. The number of unbranched alkanes of at least 4 members (excludes halogenated alkanes) is 1. The Kier molecular flexibility index (Phi) is 14.5. The molecule has 0 heterocycles. The number of halogens is 1. The number of rotatable bonds is 11. The van der Waals surface area contributed by atoms with E-state index in [1.165, 1.54) is 5.56 Å². The van der Waals surface area contributed by atoms with Gasteiger partial charge >= 0.3 is 0 Å². The van der Waals surface area contributed by atoms with Crippen LogP contribution in [0, 0.1) is 6.92 Å². The Morgan fingerprint density at radius 1 is 1.15 bits per heavy atom. The average molecular weight is 477 g/mol. The van der Waals surface area contributed by atoms with Gasteiger partial charge in [-0.2, -0.15) is 0 Å². The zero-order valence-electron chi connectivity index (χ0n) is 16.9. The number of hydrogen-bond acceptors (Lipinski definition) is 3. The normalized spacial score (nSPS) is 11.2. The monoisotopic (exact) mass is 477 g/mol. The molecule has 26 heavy (non-hydrogen) atoms. The summed E-state index contributed by atoms with van der Waals surface area (Å²) in [7, 11) is 0. The molecule has 0 amide bonds. The van der Waals surface area contributed by atoms with Gasteiger partial charge < -0.3 is 20.1 Å². The molecule has 0 unspecified atom stereocenters.